The molecule has 0 rings (SSSR count). The van der Waals surface area contributed by atoms with Gasteiger partial charge < -0.3 is 0 Å². The van der Waals surface area contributed by atoms with Gasteiger partial charge in [-0.15, -0.1) is 0 Å². The van der Waals surface area contributed by atoms with Gasteiger partial charge in [-0.25, -0.2) is 0 Å². The Bertz CT molecular complexity index is 8.00. The molecule has 0 aromatic heterocycles. The molecule has 0 bridgehead atoms. The van der Waals surface area contributed by atoms with Gasteiger partial charge in [0.05, 0.1) is 0 Å². The molecule has 1 nitrogen and oxygen atoms in total. The van der Waals surface area contributed by atoms with E-state index < -0.39 is 0 Å². The smallest absolute Gasteiger partial charge is 0.138 e. The van der Waals surface area contributed by atoms with Crippen LogP contribution in [-0.4, -0.2) is 0 Å². The molecule has 4 heteroatoms. The monoisotopic (exact) mass is 162 g/mol. The van der Waals surface area contributed by atoms with Crippen molar-refractivity contribution in [2.75, 3.05) is 0 Å². The first-order valence-electron chi connectivity index (χ1n) is 0.204. The maximum absolute atomic E-state index is 8.06. The zero-order valence-corrected chi connectivity index (χ0v) is 5.00. The maximum Gasteiger partial charge on any atom is 0.138 e. The third-order valence-corrected chi connectivity index (χ3v) is 0. The molecule has 0 aliphatic rings. The quantitative estimate of drug-likeness (QED) is 0.374. The van der Waals surface area contributed by atoms with Crippen LogP contribution in [0.3, 0.4) is 0 Å². The molecule has 28 valence electrons. The van der Waals surface area contributed by atoms with E-state index in [1.165, 1.54) is 0 Å². The Hall–Kier alpha value is 1.20. The van der Waals surface area contributed by atoms with E-state index in [4.69, 9.17) is 4.57 Å². The average molecular weight is 162 g/mol. The first-order chi connectivity index (χ1) is 1.00. The van der Waals surface area contributed by atoms with Gasteiger partial charge in [-0.2, -0.15) is 0 Å². The van der Waals surface area contributed by atoms with E-state index in [1.54, 1.807) is 9.12 Å². The van der Waals surface area contributed by atoms with Crippen molar-refractivity contribution in [3.05, 3.63) is 0 Å². The predicted octanol–water partition coefficient (Wildman–Crippen LogP) is 0.470. The summed E-state index contributed by atoms with van der Waals surface area (Å²) in [6.07, 6.45) is 0. The van der Waals surface area contributed by atoms with Crippen LogP contribution in [0.4, 0.5) is 0 Å². The van der Waals surface area contributed by atoms with E-state index in [0.717, 1.165) is 0 Å². The largest absolute Gasteiger partial charge is 0.279 e. The Morgan fingerprint density at radius 2 is 1.25 bits per heavy atom. The molecule has 0 atom stereocenters. The molecular formula is HCuOPV. The summed E-state index contributed by atoms with van der Waals surface area (Å²) in [5, 5.41) is 0. The second-order valence-corrected chi connectivity index (χ2v) is 0. The number of hydrogen-bond donors (Lipinski definition) is 0. The number of rotatable bonds is 0. The summed E-state index contributed by atoms with van der Waals surface area (Å²) < 4.78 is 8.06. The summed E-state index contributed by atoms with van der Waals surface area (Å²) in [7, 11) is 1.72. The van der Waals surface area contributed by atoms with Gasteiger partial charge >= 0.3 is 0 Å². The molecule has 0 aliphatic heterocycles. The SMILES string of the molecule is O=P.[Cu].[V]. The Balaban J connectivity index is -0.00000000500. The summed E-state index contributed by atoms with van der Waals surface area (Å²) in [6.45, 7) is 0. The van der Waals surface area contributed by atoms with Gasteiger partial charge in [-0.1, -0.05) is 0 Å². The van der Waals surface area contributed by atoms with Gasteiger partial charge in [0.15, 0.2) is 0 Å². The van der Waals surface area contributed by atoms with Crippen molar-refractivity contribution in [2.24, 2.45) is 0 Å². The van der Waals surface area contributed by atoms with Gasteiger partial charge in [0, 0.05) is 35.6 Å². The maximum atomic E-state index is 8.06. The van der Waals surface area contributed by atoms with E-state index in [1.807, 2.05) is 0 Å². The van der Waals surface area contributed by atoms with Crippen molar-refractivity contribution >= 4 is 9.12 Å². The minimum Gasteiger partial charge on any atom is -0.279 e. The van der Waals surface area contributed by atoms with Gasteiger partial charge in [-0.3, -0.25) is 4.57 Å². The van der Waals surface area contributed by atoms with Gasteiger partial charge in [0.2, 0.25) is 0 Å². The van der Waals surface area contributed by atoms with Crippen LogP contribution in [0, 0.1) is 0 Å². The fourth-order valence-electron chi connectivity index (χ4n) is 0. The molecule has 0 saturated heterocycles. The molecule has 0 saturated carbocycles. The molecule has 0 aliphatic carbocycles. The van der Waals surface area contributed by atoms with Crippen molar-refractivity contribution < 1.29 is 40.2 Å². The summed E-state index contributed by atoms with van der Waals surface area (Å²) in [4.78, 5) is 0. The third kappa shape index (κ3) is 10.7. The first-order valence-corrected chi connectivity index (χ1v) is 0.612. The first kappa shape index (κ1) is 18.9. The molecule has 2 radical (unpaired) electrons. The van der Waals surface area contributed by atoms with E-state index in [9.17, 15) is 0 Å². The van der Waals surface area contributed by atoms with Crippen LogP contribution in [-0.2, 0) is 40.2 Å². The molecule has 0 amide bonds. The van der Waals surface area contributed by atoms with Crippen molar-refractivity contribution in [3.63, 3.8) is 0 Å². The Morgan fingerprint density at radius 3 is 1.25 bits per heavy atom. The molecule has 0 heterocycles. The summed E-state index contributed by atoms with van der Waals surface area (Å²) in [6, 6.07) is 0. The van der Waals surface area contributed by atoms with Crippen LogP contribution in [0.5, 0.6) is 0 Å². The van der Waals surface area contributed by atoms with E-state index in [2.05, 4.69) is 0 Å². The molecule has 0 unspecified atom stereocenters. The Labute approximate surface area is 49.5 Å². The van der Waals surface area contributed by atoms with Crippen LogP contribution in [0.1, 0.15) is 0 Å². The third-order valence-electron chi connectivity index (χ3n) is 0. The van der Waals surface area contributed by atoms with E-state index in [0.29, 0.717) is 0 Å². The van der Waals surface area contributed by atoms with Crippen molar-refractivity contribution in [3.8, 4) is 0 Å². The van der Waals surface area contributed by atoms with E-state index >= 15 is 0 Å². The minimum absolute atomic E-state index is 0. The zero-order valence-electron chi connectivity index (χ0n) is 1.66. The van der Waals surface area contributed by atoms with E-state index in [-0.39, 0.29) is 35.6 Å². The van der Waals surface area contributed by atoms with Gasteiger partial charge in [-0.05, 0) is 0 Å². The van der Waals surface area contributed by atoms with Crippen LogP contribution in [0.2, 0.25) is 0 Å². The second kappa shape index (κ2) is 29.8. The zero-order chi connectivity index (χ0) is 2.00. The second-order valence-electron chi connectivity index (χ2n) is 0. The summed E-state index contributed by atoms with van der Waals surface area (Å²) >= 11 is 0. The molecule has 0 N–H and O–H groups in total. The molecule has 0 aromatic carbocycles. The number of hydrogen-bond acceptors (Lipinski definition) is 1. The van der Waals surface area contributed by atoms with Gasteiger partial charge in [0.25, 0.3) is 0 Å². The van der Waals surface area contributed by atoms with Crippen molar-refractivity contribution in [1.82, 2.24) is 0 Å². The fourth-order valence-corrected chi connectivity index (χ4v) is 0. The summed E-state index contributed by atoms with van der Waals surface area (Å²) in [5.41, 5.74) is 0. The van der Waals surface area contributed by atoms with Gasteiger partial charge in [0.1, 0.15) is 9.12 Å². The Kier molecular flexibility index (Phi) is 141. The normalized spacial score (nSPS) is 1.00. The van der Waals surface area contributed by atoms with Crippen LogP contribution in [0.25, 0.3) is 0 Å². The average Bonchev–Trinajstić information content (AvgIpc) is 1.00. The van der Waals surface area contributed by atoms with Crippen LogP contribution in [0.15, 0.2) is 0 Å². The molecule has 0 fully saturated rings. The minimum atomic E-state index is 0. The van der Waals surface area contributed by atoms with Crippen molar-refractivity contribution in [1.29, 1.82) is 0 Å². The molecule has 0 spiro atoms. The fraction of sp³-hybridized carbons (Fsp3) is 0. The predicted molar refractivity (Wildman–Crippen MR) is 9.00 cm³/mol. The molecule has 0 aromatic rings. The molecule has 4 heavy (non-hydrogen) atoms. The van der Waals surface area contributed by atoms with Crippen LogP contribution >= 0.6 is 9.12 Å². The topological polar surface area (TPSA) is 17.1 Å². The summed E-state index contributed by atoms with van der Waals surface area (Å²) in [5.74, 6) is 0. The standard InChI is InChI=1S/Cu.HOP.V/c;1-2;/h;2H;. The molecular weight excluding hydrogens is 161 g/mol. The Morgan fingerprint density at radius 1 is 1.25 bits per heavy atom. The van der Waals surface area contributed by atoms with Crippen molar-refractivity contribution in [2.45, 2.75) is 0 Å². The van der Waals surface area contributed by atoms with Crippen LogP contribution < -0.4 is 0 Å².